The molecule has 6 nitrogen and oxygen atoms in total. The molecule has 3 rings (SSSR count). The number of benzene rings is 2. The van der Waals surface area contributed by atoms with Crippen molar-refractivity contribution in [3.8, 4) is 5.75 Å². The zero-order chi connectivity index (χ0) is 17.5. The largest absolute Gasteiger partial charge is 0.497 e. The lowest BCUT2D eigenvalue weighted by Crippen LogP contribution is -2.18. The normalized spacial score (nSPS) is 10.8. The summed E-state index contributed by atoms with van der Waals surface area (Å²) in [7, 11) is 1.60. The van der Waals surface area contributed by atoms with E-state index in [1.807, 2.05) is 54.6 Å². The Balaban J connectivity index is 1.55. The van der Waals surface area contributed by atoms with E-state index >= 15 is 0 Å². The Kier molecular flexibility index (Phi) is 5.21. The standard InChI is InChI=1S/C19H17N3O3/c1-24-16-8-6-14(7-9-16)13-25-19(23)22-21-12-15-10-11-20-18-5-3-2-4-17(15)18/h2-12H,13H2,1H3,(H,22,23). The predicted molar refractivity (Wildman–Crippen MR) is 95.7 cm³/mol. The number of carbonyl (C=O) groups excluding carboxylic acids is 1. The van der Waals surface area contributed by atoms with Crippen LogP contribution >= 0.6 is 0 Å². The number of nitrogens with one attached hydrogen (secondary N) is 1. The van der Waals surface area contributed by atoms with E-state index in [4.69, 9.17) is 9.47 Å². The monoisotopic (exact) mass is 335 g/mol. The number of fused-ring (bicyclic) bond motifs is 1. The Morgan fingerprint density at radius 2 is 1.96 bits per heavy atom. The lowest BCUT2D eigenvalue weighted by molar-refractivity contribution is 0.140. The number of ether oxygens (including phenoxy) is 2. The summed E-state index contributed by atoms with van der Waals surface area (Å²) < 4.78 is 10.2. The van der Waals surface area contributed by atoms with Gasteiger partial charge in [-0.2, -0.15) is 5.10 Å². The smallest absolute Gasteiger partial charge is 0.428 e. The molecule has 0 aliphatic carbocycles. The molecule has 2 aromatic carbocycles. The van der Waals surface area contributed by atoms with E-state index in [0.717, 1.165) is 27.8 Å². The Morgan fingerprint density at radius 1 is 1.16 bits per heavy atom. The maximum Gasteiger partial charge on any atom is 0.428 e. The Bertz CT molecular complexity index is 887. The van der Waals surface area contributed by atoms with Gasteiger partial charge in [-0.15, -0.1) is 0 Å². The van der Waals surface area contributed by atoms with Gasteiger partial charge < -0.3 is 9.47 Å². The van der Waals surface area contributed by atoms with E-state index < -0.39 is 6.09 Å². The number of pyridine rings is 1. The Hall–Kier alpha value is -3.41. The lowest BCUT2D eigenvalue weighted by atomic mass is 10.1. The van der Waals surface area contributed by atoms with Gasteiger partial charge in [-0.05, 0) is 29.8 Å². The highest BCUT2D eigenvalue weighted by molar-refractivity contribution is 5.98. The Morgan fingerprint density at radius 3 is 2.76 bits per heavy atom. The van der Waals surface area contributed by atoms with E-state index in [0.29, 0.717) is 0 Å². The molecule has 0 radical (unpaired) electrons. The van der Waals surface area contributed by atoms with Crippen molar-refractivity contribution in [1.82, 2.24) is 10.4 Å². The molecule has 1 heterocycles. The van der Waals surface area contributed by atoms with Gasteiger partial charge in [0.05, 0.1) is 18.8 Å². The first-order valence-corrected chi connectivity index (χ1v) is 7.69. The quantitative estimate of drug-likeness (QED) is 0.572. The summed E-state index contributed by atoms with van der Waals surface area (Å²) in [6.07, 6.45) is 2.65. The highest BCUT2D eigenvalue weighted by atomic mass is 16.6. The van der Waals surface area contributed by atoms with Gasteiger partial charge in [0.1, 0.15) is 12.4 Å². The van der Waals surface area contributed by atoms with Gasteiger partial charge in [0.15, 0.2) is 0 Å². The second kappa shape index (κ2) is 7.92. The molecule has 1 aromatic heterocycles. The minimum absolute atomic E-state index is 0.156. The molecule has 1 N–H and O–H groups in total. The van der Waals surface area contributed by atoms with Crippen LogP contribution in [0.4, 0.5) is 4.79 Å². The average molecular weight is 335 g/mol. The van der Waals surface area contributed by atoms with Crippen LogP contribution in [0.2, 0.25) is 0 Å². The molecular weight excluding hydrogens is 318 g/mol. The molecule has 126 valence electrons. The van der Waals surface area contributed by atoms with Crippen molar-refractivity contribution in [3.63, 3.8) is 0 Å². The zero-order valence-electron chi connectivity index (χ0n) is 13.7. The molecule has 0 bridgehead atoms. The van der Waals surface area contributed by atoms with Crippen LogP contribution in [0.3, 0.4) is 0 Å². The van der Waals surface area contributed by atoms with Crippen molar-refractivity contribution < 1.29 is 14.3 Å². The molecule has 0 spiro atoms. The van der Waals surface area contributed by atoms with Crippen LogP contribution in [-0.2, 0) is 11.3 Å². The van der Waals surface area contributed by atoms with E-state index in [1.54, 1.807) is 19.5 Å². The zero-order valence-corrected chi connectivity index (χ0v) is 13.7. The number of nitrogens with zero attached hydrogens (tertiary/aromatic N) is 2. The summed E-state index contributed by atoms with van der Waals surface area (Å²) in [5.41, 5.74) is 4.94. The summed E-state index contributed by atoms with van der Waals surface area (Å²) in [4.78, 5) is 16.0. The lowest BCUT2D eigenvalue weighted by Gasteiger charge is -2.05. The van der Waals surface area contributed by atoms with Crippen LogP contribution in [0.5, 0.6) is 5.75 Å². The molecule has 0 saturated carbocycles. The third kappa shape index (κ3) is 4.32. The Labute approximate surface area is 145 Å². The first-order valence-electron chi connectivity index (χ1n) is 7.69. The second-order valence-electron chi connectivity index (χ2n) is 5.21. The maximum absolute atomic E-state index is 11.7. The van der Waals surface area contributed by atoms with Crippen molar-refractivity contribution in [2.45, 2.75) is 6.61 Å². The molecule has 0 aliphatic rings. The molecule has 0 aliphatic heterocycles. The third-order valence-corrected chi connectivity index (χ3v) is 3.57. The minimum atomic E-state index is -0.620. The van der Waals surface area contributed by atoms with Crippen molar-refractivity contribution in [2.75, 3.05) is 7.11 Å². The van der Waals surface area contributed by atoms with Crippen LogP contribution in [-0.4, -0.2) is 24.4 Å². The van der Waals surface area contributed by atoms with Crippen LogP contribution in [0.1, 0.15) is 11.1 Å². The second-order valence-corrected chi connectivity index (χ2v) is 5.21. The van der Waals surface area contributed by atoms with Crippen LogP contribution in [0, 0.1) is 0 Å². The number of hydrogen-bond donors (Lipinski definition) is 1. The highest BCUT2D eigenvalue weighted by Crippen LogP contribution is 2.14. The molecule has 6 heteroatoms. The molecule has 1 amide bonds. The summed E-state index contributed by atoms with van der Waals surface area (Å²) >= 11 is 0. The fourth-order valence-electron chi connectivity index (χ4n) is 2.29. The molecular formula is C19H17N3O3. The molecule has 3 aromatic rings. The topological polar surface area (TPSA) is 72.8 Å². The van der Waals surface area contributed by atoms with Crippen molar-refractivity contribution in [2.24, 2.45) is 5.10 Å². The summed E-state index contributed by atoms with van der Waals surface area (Å²) in [5, 5.41) is 4.89. The van der Waals surface area contributed by atoms with Crippen LogP contribution < -0.4 is 10.2 Å². The molecule has 0 unspecified atom stereocenters. The van der Waals surface area contributed by atoms with Gasteiger partial charge in [-0.1, -0.05) is 30.3 Å². The molecule has 25 heavy (non-hydrogen) atoms. The third-order valence-electron chi connectivity index (χ3n) is 3.57. The number of hydrogen-bond acceptors (Lipinski definition) is 5. The molecule has 0 saturated heterocycles. The predicted octanol–water partition coefficient (Wildman–Crippen LogP) is 3.50. The van der Waals surface area contributed by atoms with Crippen molar-refractivity contribution >= 4 is 23.2 Å². The van der Waals surface area contributed by atoms with Gasteiger partial charge in [0.2, 0.25) is 0 Å². The van der Waals surface area contributed by atoms with Gasteiger partial charge in [-0.3, -0.25) is 4.98 Å². The number of aromatic nitrogens is 1. The van der Waals surface area contributed by atoms with Crippen LogP contribution in [0.25, 0.3) is 10.9 Å². The number of methoxy groups -OCH3 is 1. The summed E-state index contributed by atoms with van der Waals surface area (Å²) in [6.45, 7) is 0.156. The van der Waals surface area contributed by atoms with E-state index in [9.17, 15) is 4.79 Å². The maximum atomic E-state index is 11.7. The van der Waals surface area contributed by atoms with Gasteiger partial charge in [0, 0.05) is 17.1 Å². The van der Waals surface area contributed by atoms with Crippen molar-refractivity contribution in [3.05, 3.63) is 71.9 Å². The number of amides is 1. The molecule has 0 fully saturated rings. The number of rotatable bonds is 5. The number of hydrazone groups is 1. The number of carbonyl (C=O) groups is 1. The van der Waals surface area contributed by atoms with Gasteiger partial charge in [-0.25, -0.2) is 10.2 Å². The van der Waals surface area contributed by atoms with Crippen LogP contribution in [0.15, 0.2) is 65.9 Å². The highest BCUT2D eigenvalue weighted by Gasteiger charge is 2.02. The van der Waals surface area contributed by atoms with Crippen molar-refractivity contribution in [1.29, 1.82) is 0 Å². The fraction of sp³-hybridized carbons (Fsp3) is 0.105. The van der Waals surface area contributed by atoms with E-state index in [2.05, 4.69) is 15.5 Å². The van der Waals surface area contributed by atoms with E-state index in [1.165, 1.54) is 0 Å². The van der Waals surface area contributed by atoms with Gasteiger partial charge >= 0.3 is 6.09 Å². The van der Waals surface area contributed by atoms with E-state index in [-0.39, 0.29) is 6.61 Å². The first-order chi connectivity index (χ1) is 12.3. The SMILES string of the molecule is COc1ccc(COC(=O)NN=Cc2ccnc3ccccc23)cc1. The summed E-state index contributed by atoms with van der Waals surface area (Å²) in [5.74, 6) is 0.752. The summed E-state index contributed by atoms with van der Waals surface area (Å²) in [6, 6.07) is 16.8. The average Bonchev–Trinajstić information content (AvgIpc) is 2.67. The minimum Gasteiger partial charge on any atom is -0.497 e. The fourth-order valence-corrected chi connectivity index (χ4v) is 2.29. The number of para-hydroxylation sites is 1. The molecule has 0 atom stereocenters. The van der Waals surface area contributed by atoms with Gasteiger partial charge in [0.25, 0.3) is 0 Å². The first kappa shape index (κ1) is 16.4.